The Morgan fingerprint density at radius 2 is 1.95 bits per heavy atom. The average Bonchev–Trinajstić information content (AvgIpc) is 2.45. The lowest BCUT2D eigenvalue weighted by Crippen LogP contribution is -2.44. The van der Waals surface area contributed by atoms with Gasteiger partial charge in [0.25, 0.3) is 0 Å². The van der Waals surface area contributed by atoms with Crippen molar-refractivity contribution in [2.24, 2.45) is 5.92 Å². The minimum absolute atomic E-state index is 0.00590. The Hall–Kier alpha value is -0.960. The normalized spacial score (nSPS) is 16.9. The van der Waals surface area contributed by atoms with Crippen LogP contribution in [0.1, 0.15) is 31.9 Å². The second kappa shape index (κ2) is 5.58. The molecule has 0 radical (unpaired) electrons. The summed E-state index contributed by atoms with van der Waals surface area (Å²) in [7, 11) is 0. The number of fused-ring (bicyclic) bond motifs is 1. The van der Waals surface area contributed by atoms with Crippen LogP contribution in [0, 0.1) is 5.92 Å². The van der Waals surface area contributed by atoms with Crippen molar-refractivity contribution in [3.8, 4) is 0 Å². The molecule has 1 aromatic rings. The van der Waals surface area contributed by atoms with Crippen LogP contribution in [0.5, 0.6) is 0 Å². The Morgan fingerprint density at radius 3 is 2.58 bits per heavy atom. The molecular formula is C16H23NOS. The molecule has 1 aromatic carbocycles. The second-order valence-corrected chi connectivity index (χ2v) is 7.27. The molecule has 0 bridgehead atoms. The van der Waals surface area contributed by atoms with Crippen molar-refractivity contribution < 1.29 is 4.79 Å². The number of amides is 1. The number of hydrogen-bond donors (Lipinski definition) is 0. The maximum atomic E-state index is 12.6. The molecular weight excluding hydrogens is 254 g/mol. The van der Waals surface area contributed by atoms with E-state index >= 15 is 0 Å². The number of carbonyl (C=O) groups is 1. The SMILES string of the molecule is CSC(C)(C)[C@H](C)C(=O)N1CCc2ccccc2C1. The summed E-state index contributed by atoms with van der Waals surface area (Å²) in [4.78, 5) is 14.6. The van der Waals surface area contributed by atoms with Crippen LogP contribution in [0.4, 0.5) is 0 Å². The molecule has 1 atom stereocenters. The van der Waals surface area contributed by atoms with Crippen molar-refractivity contribution in [3.05, 3.63) is 35.4 Å². The molecule has 19 heavy (non-hydrogen) atoms. The molecule has 0 N–H and O–H groups in total. The van der Waals surface area contributed by atoms with Gasteiger partial charge >= 0.3 is 0 Å². The third-order valence-electron chi connectivity index (χ3n) is 4.38. The van der Waals surface area contributed by atoms with Gasteiger partial charge in [-0.15, -0.1) is 0 Å². The minimum Gasteiger partial charge on any atom is -0.338 e. The zero-order valence-electron chi connectivity index (χ0n) is 12.3. The Morgan fingerprint density at radius 1 is 1.32 bits per heavy atom. The first kappa shape index (κ1) is 14.4. The number of benzene rings is 1. The molecule has 0 saturated carbocycles. The number of carbonyl (C=O) groups excluding carboxylic acids is 1. The highest BCUT2D eigenvalue weighted by Gasteiger charge is 2.34. The van der Waals surface area contributed by atoms with Gasteiger partial charge in [-0.2, -0.15) is 11.8 Å². The minimum atomic E-state index is -0.00590. The lowest BCUT2D eigenvalue weighted by Gasteiger charge is -2.36. The van der Waals surface area contributed by atoms with Gasteiger partial charge in [0.2, 0.25) is 5.91 Å². The van der Waals surface area contributed by atoms with Gasteiger partial charge in [-0.1, -0.05) is 31.2 Å². The summed E-state index contributed by atoms with van der Waals surface area (Å²) in [6.07, 6.45) is 3.06. The van der Waals surface area contributed by atoms with Crippen molar-refractivity contribution in [2.45, 2.75) is 38.5 Å². The van der Waals surface area contributed by atoms with Crippen molar-refractivity contribution in [3.63, 3.8) is 0 Å². The molecule has 1 aliphatic rings. The summed E-state index contributed by atoms with van der Waals surface area (Å²) in [6, 6.07) is 8.45. The molecule has 1 aliphatic heterocycles. The Labute approximate surface area is 120 Å². The first-order valence-electron chi connectivity index (χ1n) is 6.86. The lowest BCUT2D eigenvalue weighted by atomic mass is 9.93. The molecule has 0 aliphatic carbocycles. The third kappa shape index (κ3) is 2.97. The molecule has 0 saturated heterocycles. The Bertz CT molecular complexity index is 470. The average molecular weight is 277 g/mol. The molecule has 0 unspecified atom stereocenters. The van der Waals surface area contributed by atoms with E-state index in [4.69, 9.17) is 0 Å². The fraction of sp³-hybridized carbons (Fsp3) is 0.562. The number of rotatable bonds is 3. The lowest BCUT2D eigenvalue weighted by molar-refractivity contribution is -0.136. The zero-order chi connectivity index (χ0) is 14.0. The fourth-order valence-corrected chi connectivity index (χ4v) is 2.89. The smallest absolute Gasteiger partial charge is 0.227 e. The van der Waals surface area contributed by atoms with Crippen LogP contribution in [0.3, 0.4) is 0 Å². The van der Waals surface area contributed by atoms with Crippen LogP contribution >= 0.6 is 11.8 Å². The molecule has 104 valence electrons. The number of thioether (sulfide) groups is 1. The van der Waals surface area contributed by atoms with Gasteiger partial charge in [0.05, 0.1) is 0 Å². The predicted molar refractivity (Wildman–Crippen MR) is 82.3 cm³/mol. The number of hydrogen-bond acceptors (Lipinski definition) is 2. The van der Waals surface area contributed by atoms with Crippen molar-refractivity contribution >= 4 is 17.7 Å². The molecule has 0 aromatic heterocycles. The summed E-state index contributed by atoms with van der Waals surface area (Å²) >= 11 is 1.77. The quantitative estimate of drug-likeness (QED) is 0.844. The van der Waals surface area contributed by atoms with Crippen molar-refractivity contribution in [1.29, 1.82) is 0 Å². The van der Waals surface area contributed by atoms with E-state index in [0.29, 0.717) is 0 Å². The Balaban J connectivity index is 2.11. The molecule has 2 rings (SSSR count). The van der Waals surface area contributed by atoms with Gasteiger partial charge in [-0.25, -0.2) is 0 Å². The first-order chi connectivity index (χ1) is 8.95. The highest BCUT2D eigenvalue weighted by atomic mass is 32.2. The van der Waals surface area contributed by atoms with E-state index < -0.39 is 0 Å². The van der Waals surface area contributed by atoms with Crippen LogP contribution in [0.15, 0.2) is 24.3 Å². The highest BCUT2D eigenvalue weighted by molar-refractivity contribution is 7.99. The van der Waals surface area contributed by atoms with Gasteiger partial charge < -0.3 is 4.90 Å². The van der Waals surface area contributed by atoms with Crippen molar-refractivity contribution in [1.82, 2.24) is 4.90 Å². The Kier molecular flexibility index (Phi) is 4.24. The highest BCUT2D eigenvalue weighted by Crippen LogP contribution is 2.32. The van der Waals surface area contributed by atoms with Crippen LogP contribution in [0.25, 0.3) is 0 Å². The van der Waals surface area contributed by atoms with Gasteiger partial charge in [0, 0.05) is 23.8 Å². The van der Waals surface area contributed by atoms with Crippen LogP contribution in [-0.2, 0) is 17.8 Å². The molecule has 1 amide bonds. The van der Waals surface area contributed by atoms with Crippen LogP contribution in [0.2, 0.25) is 0 Å². The molecule has 2 nitrogen and oxygen atoms in total. The second-order valence-electron chi connectivity index (χ2n) is 5.81. The summed E-state index contributed by atoms with van der Waals surface area (Å²) in [6.45, 7) is 7.98. The summed E-state index contributed by atoms with van der Waals surface area (Å²) in [5, 5.41) is 0. The maximum absolute atomic E-state index is 12.6. The van der Waals surface area contributed by atoms with E-state index in [1.165, 1.54) is 11.1 Å². The predicted octanol–water partition coefficient (Wildman–Crippen LogP) is 3.35. The largest absolute Gasteiger partial charge is 0.338 e. The van der Waals surface area contributed by atoms with Crippen LogP contribution < -0.4 is 0 Å². The molecule has 3 heteroatoms. The molecule has 0 fully saturated rings. The van der Waals surface area contributed by atoms with E-state index in [-0.39, 0.29) is 16.6 Å². The van der Waals surface area contributed by atoms with E-state index in [2.05, 4.69) is 51.3 Å². The summed E-state index contributed by atoms with van der Waals surface area (Å²) < 4.78 is -0.00590. The first-order valence-corrected chi connectivity index (χ1v) is 8.09. The fourth-order valence-electron chi connectivity index (χ4n) is 2.43. The van der Waals surface area contributed by atoms with Gasteiger partial charge in [0.15, 0.2) is 0 Å². The third-order valence-corrected chi connectivity index (χ3v) is 5.79. The van der Waals surface area contributed by atoms with E-state index in [0.717, 1.165) is 19.5 Å². The maximum Gasteiger partial charge on any atom is 0.227 e. The van der Waals surface area contributed by atoms with Crippen LogP contribution in [-0.4, -0.2) is 28.4 Å². The zero-order valence-corrected chi connectivity index (χ0v) is 13.1. The van der Waals surface area contributed by atoms with E-state index in [1.54, 1.807) is 11.8 Å². The molecule has 1 heterocycles. The van der Waals surface area contributed by atoms with Gasteiger partial charge in [0.1, 0.15) is 0 Å². The van der Waals surface area contributed by atoms with Gasteiger partial charge in [-0.3, -0.25) is 4.79 Å². The van der Waals surface area contributed by atoms with E-state index in [1.807, 2.05) is 4.90 Å². The summed E-state index contributed by atoms with van der Waals surface area (Å²) in [5.74, 6) is 0.335. The monoisotopic (exact) mass is 277 g/mol. The van der Waals surface area contributed by atoms with E-state index in [9.17, 15) is 4.79 Å². The summed E-state index contributed by atoms with van der Waals surface area (Å²) in [5.41, 5.74) is 2.69. The molecule has 0 spiro atoms. The number of nitrogens with zero attached hydrogens (tertiary/aromatic N) is 1. The standard InChI is InChI=1S/C16H23NOS/c1-12(16(2,3)19-4)15(18)17-10-9-13-7-5-6-8-14(13)11-17/h5-8,12H,9-11H2,1-4H3/t12-/m1/s1. The van der Waals surface area contributed by atoms with Gasteiger partial charge in [-0.05, 0) is 37.7 Å². The van der Waals surface area contributed by atoms with Crippen molar-refractivity contribution in [2.75, 3.05) is 12.8 Å². The topological polar surface area (TPSA) is 20.3 Å².